The molecule has 114 valence electrons. The van der Waals surface area contributed by atoms with Crippen LogP contribution in [0.25, 0.3) is 0 Å². The van der Waals surface area contributed by atoms with Crippen LogP contribution in [0.4, 0.5) is 10.1 Å². The van der Waals surface area contributed by atoms with Gasteiger partial charge in [-0.2, -0.15) is 0 Å². The van der Waals surface area contributed by atoms with E-state index in [1.807, 2.05) is 20.8 Å². The molecule has 1 rings (SSSR count). The maximum atomic E-state index is 13.5. The van der Waals surface area contributed by atoms with Gasteiger partial charge in [0, 0.05) is 6.54 Å². The zero-order valence-corrected chi connectivity index (χ0v) is 13.4. The second kappa shape index (κ2) is 6.10. The van der Waals surface area contributed by atoms with Crippen molar-refractivity contribution in [3.05, 3.63) is 23.0 Å². The molecular formula is C14H23FN2O2S. The highest BCUT2D eigenvalue weighted by molar-refractivity contribution is 7.89. The Kier molecular flexibility index (Phi) is 5.15. The van der Waals surface area contributed by atoms with Gasteiger partial charge in [-0.1, -0.05) is 20.8 Å². The summed E-state index contributed by atoms with van der Waals surface area (Å²) in [6.45, 7) is 9.47. The van der Waals surface area contributed by atoms with Crippen LogP contribution < -0.4 is 10.5 Å². The van der Waals surface area contributed by atoms with Gasteiger partial charge < -0.3 is 5.73 Å². The van der Waals surface area contributed by atoms with Crippen molar-refractivity contribution in [1.29, 1.82) is 0 Å². The molecule has 20 heavy (non-hydrogen) atoms. The maximum Gasteiger partial charge on any atom is 0.241 e. The second-order valence-electron chi connectivity index (χ2n) is 5.62. The summed E-state index contributed by atoms with van der Waals surface area (Å²) in [5, 5.41) is 0. The second-order valence-corrected chi connectivity index (χ2v) is 7.32. The molecular weight excluding hydrogens is 279 g/mol. The standard InChI is InChI=1S/C14H23FN2O2S/c1-8(2)10(4)7-17-20(18,19)14-9(3)6-12(15)13(16)11(14)5/h6,8,10,17H,7,16H2,1-5H3. The minimum absolute atomic E-state index is 0.0763. The van der Waals surface area contributed by atoms with Crippen LogP contribution in [-0.2, 0) is 10.0 Å². The average molecular weight is 302 g/mol. The molecule has 0 aliphatic heterocycles. The molecule has 0 aliphatic carbocycles. The fourth-order valence-corrected chi connectivity index (χ4v) is 3.52. The Hall–Kier alpha value is -1.14. The van der Waals surface area contributed by atoms with Gasteiger partial charge >= 0.3 is 0 Å². The first kappa shape index (κ1) is 16.9. The first-order valence-corrected chi connectivity index (χ1v) is 8.11. The number of nitrogen functional groups attached to an aromatic ring is 1. The molecule has 1 atom stereocenters. The molecule has 0 fully saturated rings. The predicted octanol–water partition coefficient (Wildman–Crippen LogP) is 2.60. The summed E-state index contributed by atoms with van der Waals surface area (Å²) in [5.41, 5.74) is 6.08. The van der Waals surface area contributed by atoms with Crippen LogP contribution in [0, 0.1) is 31.5 Å². The van der Waals surface area contributed by atoms with Gasteiger partial charge in [0.2, 0.25) is 10.0 Å². The lowest BCUT2D eigenvalue weighted by molar-refractivity contribution is 0.414. The zero-order valence-electron chi connectivity index (χ0n) is 12.6. The number of benzene rings is 1. The monoisotopic (exact) mass is 302 g/mol. The van der Waals surface area contributed by atoms with Crippen molar-refractivity contribution in [2.45, 2.75) is 39.5 Å². The molecule has 0 saturated carbocycles. The van der Waals surface area contributed by atoms with Crippen molar-refractivity contribution in [1.82, 2.24) is 4.72 Å². The highest BCUT2D eigenvalue weighted by Gasteiger charge is 2.23. The summed E-state index contributed by atoms with van der Waals surface area (Å²) >= 11 is 0. The molecule has 0 aliphatic rings. The number of halogens is 1. The summed E-state index contributed by atoms with van der Waals surface area (Å²) in [7, 11) is -3.69. The zero-order chi connectivity index (χ0) is 15.7. The molecule has 0 radical (unpaired) electrons. The number of aryl methyl sites for hydroxylation is 1. The summed E-state index contributed by atoms with van der Waals surface area (Å²) in [6, 6.07) is 1.16. The van der Waals surface area contributed by atoms with E-state index in [0.29, 0.717) is 18.0 Å². The van der Waals surface area contributed by atoms with E-state index in [2.05, 4.69) is 4.72 Å². The molecule has 1 unspecified atom stereocenters. The van der Waals surface area contributed by atoms with Crippen molar-refractivity contribution in [2.24, 2.45) is 11.8 Å². The van der Waals surface area contributed by atoms with Crippen molar-refractivity contribution < 1.29 is 12.8 Å². The minimum Gasteiger partial charge on any atom is -0.396 e. The lowest BCUT2D eigenvalue weighted by atomic mass is 9.99. The van der Waals surface area contributed by atoms with Gasteiger partial charge in [0.25, 0.3) is 0 Å². The quantitative estimate of drug-likeness (QED) is 0.821. The van der Waals surface area contributed by atoms with Crippen LogP contribution in [0.3, 0.4) is 0 Å². The average Bonchev–Trinajstić information content (AvgIpc) is 2.32. The van der Waals surface area contributed by atoms with Gasteiger partial charge in [-0.05, 0) is 42.9 Å². The molecule has 0 saturated heterocycles. The normalized spacial score (nSPS) is 13.8. The summed E-state index contributed by atoms with van der Waals surface area (Å²) in [5.74, 6) is -0.00383. The van der Waals surface area contributed by atoms with Gasteiger partial charge in [-0.15, -0.1) is 0 Å². The van der Waals surface area contributed by atoms with Crippen LogP contribution in [-0.4, -0.2) is 15.0 Å². The van der Waals surface area contributed by atoms with Gasteiger partial charge in [-0.3, -0.25) is 0 Å². The lowest BCUT2D eigenvalue weighted by Crippen LogP contribution is -2.31. The Labute approximate surface area is 120 Å². The van der Waals surface area contributed by atoms with Gasteiger partial charge in [0.05, 0.1) is 10.6 Å². The lowest BCUT2D eigenvalue weighted by Gasteiger charge is -2.18. The molecule has 6 heteroatoms. The van der Waals surface area contributed by atoms with Crippen LogP contribution in [0.1, 0.15) is 31.9 Å². The number of rotatable bonds is 5. The predicted molar refractivity (Wildman–Crippen MR) is 79.5 cm³/mol. The van der Waals surface area contributed by atoms with E-state index in [-0.39, 0.29) is 22.1 Å². The highest BCUT2D eigenvalue weighted by Crippen LogP contribution is 2.27. The van der Waals surface area contributed by atoms with Crippen molar-refractivity contribution in [3.8, 4) is 0 Å². The topological polar surface area (TPSA) is 72.2 Å². The molecule has 0 amide bonds. The van der Waals surface area contributed by atoms with E-state index in [9.17, 15) is 12.8 Å². The molecule has 3 N–H and O–H groups in total. The number of anilines is 1. The smallest absolute Gasteiger partial charge is 0.241 e. The van der Waals surface area contributed by atoms with Gasteiger partial charge in [-0.25, -0.2) is 17.5 Å². The Morgan fingerprint density at radius 3 is 2.35 bits per heavy atom. The molecule has 1 aromatic rings. The number of hydrogen-bond donors (Lipinski definition) is 2. The molecule has 0 aromatic heterocycles. The SMILES string of the molecule is Cc1cc(F)c(N)c(C)c1S(=O)(=O)NCC(C)C(C)C. The maximum absolute atomic E-state index is 13.5. The number of nitrogens with one attached hydrogen (secondary N) is 1. The van der Waals surface area contributed by atoms with E-state index < -0.39 is 15.8 Å². The number of hydrogen-bond acceptors (Lipinski definition) is 3. The number of nitrogens with two attached hydrogens (primary N) is 1. The molecule has 0 spiro atoms. The molecule has 1 aromatic carbocycles. The van der Waals surface area contributed by atoms with E-state index in [1.54, 1.807) is 6.92 Å². The van der Waals surface area contributed by atoms with Crippen molar-refractivity contribution in [3.63, 3.8) is 0 Å². The third kappa shape index (κ3) is 3.49. The molecule has 0 heterocycles. The first-order chi connectivity index (χ1) is 9.08. The Morgan fingerprint density at radius 1 is 1.30 bits per heavy atom. The summed E-state index contributed by atoms with van der Waals surface area (Å²) in [6.07, 6.45) is 0. The number of sulfonamides is 1. The summed E-state index contributed by atoms with van der Waals surface area (Å²) in [4.78, 5) is 0.0763. The van der Waals surface area contributed by atoms with Gasteiger partial charge in [0.15, 0.2) is 0 Å². The van der Waals surface area contributed by atoms with E-state index in [0.717, 1.165) is 6.07 Å². The Balaban J connectivity index is 3.14. The fourth-order valence-electron chi connectivity index (χ4n) is 1.89. The van der Waals surface area contributed by atoms with Crippen molar-refractivity contribution >= 4 is 15.7 Å². The fraction of sp³-hybridized carbons (Fsp3) is 0.571. The van der Waals surface area contributed by atoms with Crippen LogP contribution in [0.15, 0.2) is 11.0 Å². The molecule has 0 bridgehead atoms. The van der Waals surface area contributed by atoms with Crippen LogP contribution in [0.5, 0.6) is 0 Å². The van der Waals surface area contributed by atoms with E-state index in [4.69, 9.17) is 5.73 Å². The highest BCUT2D eigenvalue weighted by atomic mass is 32.2. The minimum atomic E-state index is -3.69. The van der Waals surface area contributed by atoms with E-state index in [1.165, 1.54) is 6.92 Å². The van der Waals surface area contributed by atoms with Crippen molar-refractivity contribution in [2.75, 3.05) is 12.3 Å². The Bertz CT molecular complexity index is 598. The Morgan fingerprint density at radius 2 is 1.85 bits per heavy atom. The largest absolute Gasteiger partial charge is 0.396 e. The third-order valence-corrected chi connectivity index (χ3v) is 5.42. The first-order valence-electron chi connectivity index (χ1n) is 6.62. The van der Waals surface area contributed by atoms with Gasteiger partial charge in [0.1, 0.15) is 5.82 Å². The third-order valence-electron chi connectivity index (χ3n) is 3.71. The van der Waals surface area contributed by atoms with Crippen LogP contribution >= 0.6 is 0 Å². The molecule has 4 nitrogen and oxygen atoms in total. The summed E-state index contributed by atoms with van der Waals surface area (Å²) < 4.78 is 40.8. The van der Waals surface area contributed by atoms with Crippen LogP contribution in [0.2, 0.25) is 0 Å². The van der Waals surface area contributed by atoms with E-state index >= 15 is 0 Å².